The summed E-state index contributed by atoms with van der Waals surface area (Å²) in [6, 6.07) is 5.47. The van der Waals surface area contributed by atoms with Crippen LogP contribution in [0.5, 0.6) is 0 Å². The normalized spacial score (nSPS) is 14.8. The van der Waals surface area contributed by atoms with Crippen LogP contribution in [0.2, 0.25) is 0 Å². The van der Waals surface area contributed by atoms with Crippen molar-refractivity contribution in [2.75, 3.05) is 21.9 Å². The van der Waals surface area contributed by atoms with Crippen molar-refractivity contribution in [1.82, 2.24) is 0 Å². The van der Waals surface area contributed by atoms with Gasteiger partial charge in [0.25, 0.3) is 0 Å². The first-order valence-electron chi connectivity index (χ1n) is 7.79. The van der Waals surface area contributed by atoms with Crippen LogP contribution >= 0.6 is 0 Å². The average Bonchev–Trinajstić information content (AvgIpc) is 2.45. The van der Waals surface area contributed by atoms with Gasteiger partial charge in [-0.1, -0.05) is 26.8 Å². The van der Waals surface area contributed by atoms with Gasteiger partial charge in [-0.25, -0.2) is 8.42 Å². The number of hydrogen-bond donors (Lipinski definition) is 1. The van der Waals surface area contributed by atoms with E-state index in [1.807, 2.05) is 26.8 Å². The summed E-state index contributed by atoms with van der Waals surface area (Å²) in [5.41, 5.74) is 2.45. The smallest absolute Gasteiger partial charge is 0.232 e. The number of nitrogens with one attached hydrogen (secondary N) is 1. The highest BCUT2D eigenvalue weighted by atomic mass is 32.2. The van der Waals surface area contributed by atoms with Gasteiger partial charge in [-0.2, -0.15) is 0 Å². The summed E-state index contributed by atoms with van der Waals surface area (Å²) in [5, 5.41) is 0. The molecule has 0 saturated heterocycles. The number of sulfonamides is 1. The number of benzene rings is 1. The van der Waals surface area contributed by atoms with Crippen molar-refractivity contribution in [2.24, 2.45) is 5.92 Å². The Labute approximate surface area is 132 Å². The van der Waals surface area contributed by atoms with Gasteiger partial charge in [-0.3, -0.25) is 9.52 Å². The van der Waals surface area contributed by atoms with E-state index >= 15 is 0 Å². The highest BCUT2D eigenvalue weighted by Crippen LogP contribution is 2.31. The minimum atomic E-state index is -3.32. The van der Waals surface area contributed by atoms with Crippen molar-refractivity contribution < 1.29 is 13.2 Å². The molecule has 1 amide bonds. The second-order valence-electron chi connectivity index (χ2n) is 6.01. The van der Waals surface area contributed by atoms with Crippen molar-refractivity contribution in [1.29, 1.82) is 0 Å². The molecule has 0 saturated carbocycles. The van der Waals surface area contributed by atoms with Crippen LogP contribution in [-0.2, 0) is 21.2 Å². The first kappa shape index (κ1) is 16.8. The summed E-state index contributed by atoms with van der Waals surface area (Å²) < 4.78 is 26.4. The van der Waals surface area contributed by atoms with Gasteiger partial charge in [0.2, 0.25) is 15.9 Å². The number of rotatable bonds is 5. The zero-order chi connectivity index (χ0) is 16.3. The lowest BCUT2D eigenvalue weighted by molar-refractivity contribution is -0.121. The maximum absolute atomic E-state index is 12.3. The predicted octanol–water partition coefficient (Wildman–Crippen LogP) is 2.77. The number of hydrogen-bond acceptors (Lipinski definition) is 3. The predicted molar refractivity (Wildman–Crippen MR) is 89.7 cm³/mol. The van der Waals surface area contributed by atoms with E-state index in [1.165, 1.54) is 0 Å². The molecule has 1 N–H and O–H groups in total. The van der Waals surface area contributed by atoms with Crippen LogP contribution in [0.1, 0.15) is 39.2 Å². The van der Waals surface area contributed by atoms with Gasteiger partial charge in [0.05, 0.1) is 11.4 Å². The topological polar surface area (TPSA) is 66.5 Å². The van der Waals surface area contributed by atoms with Crippen molar-refractivity contribution in [3.63, 3.8) is 0 Å². The van der Waals surface area contributed by atoms with Crippen LogP contribution in [0.25, 0.3) is 0 Å². The number of amides is 1. The van der Waals surface area contributed by atoms with Gasteiger partial charge >= 0.3 is 0 Å². The SMILES string of the molecule is CCCS(=O)(=O)Nc1ccc2c(c1)N(C(=O)C(C)C)CCC2. The number of carbonyl (C=O) groups is 1. The summed E-state index contributed by atoms with van der Waals surface area (Å²) >= 11 is 0. The molecule has 0 unspecified atom stereocenters. The molecule has 22 heavy (non-hydrogen) atoms. The summed E-state index contributed by atoms with van der Waals surface area (Å²) in [6.45, 7) is 6.28. The Bertz CT molecular complexity index is 653. The molecular formula is C16H24N2O3S. The van der Waals surface area contributed by atoms with Gasteiger partial charge in [0, 0.05) is 18.2 Å². The van der Waals surface area contributed by atoms with E-state index in [0.29, 0.717) is 18.7 Å². The molecule has 1 aromatic rings. The van der Waals surface area contributed by atoms with Crippen molar-refractivity contribution in [2.45, 2.75) is 40.0 Å². The molecule has 0 fully saturated rings. The first-order chi connectivity index (χ1) is 10.3. The summed E-state index contributed by atoms with van der Waals surface area (Å²) in [5.74, 6) is 0.0968. The summed E-state index contributed by atoms with van der Waals surface area (Å²) in [6.07, 6.45) is 2.42. The minimum Gasteiger partial charge on any atom is -0.312 e. The molecule has 5 nitrogen and oxygen atoms in total. The van der Waals surface area contributed by atoms with Gasteiger partial charge in [0.15, 0.2) is 0 Å². The van der Waals surface area contributed by atoms with E-state index in [9.17, 15) is 13.2 Å². The number of carbonyl (C=O) groups excluding carboxylic acids is 1. The summed E-state index contributed by atoms with van der Waals surface area (Å²) in [7, 11) is -3.32. The largest absolute Gasteiger partial charge is 0.312 e. The molecule has 0 aliphatic carbocycles. The van der Waals surface area contributed by atoms with Crippen LogP contribution in [0.4, 0.5) is 11.4 Å². The van der Waals surface area contributed by atoms with Crippen LogP contribution in [0, 0.1) is 5.92 Å². The third-order valence-electron chi connectivity index (χ3n) is 3.71. The fourth-order valence-electron chi connectivity index (χ4n) is 2.68. The molecule has 1 aliphatic heterocycles. The summed E-state index contributed by atoms with van der Waals surface area (Å²) in [4.78, 5) is 14.1. The van der Waals surface area contributed by atoms with Crippen molar-refractivity contribution in [3.8, 4) is 0 Å². The minimum absolute atomic E-state index is 0.0774. The number of fused-ring (bicyclic) bond motifs is 1. The lowest BCUT2D eigenvalue weighted by atomic mass is 9.99. The van der Waals surface area contributed by atoms with Crippen LogP contribution < -0.4 is 9.62 Å². The van der Waals surface area contributed by atoms with Gasteiger partial charge in [0.1, 0.15) is 0 Å². The monoisotopic (exact) mass is 324 g/mol. The molecule has 122 valence electrons. The number of nitrogens with zero attached hydrogens (tertiary/aromatic N) is 1. The molecule has 1 aliphatic rings. The molecule has 1 heterocycles. The Hall–Kier alpha value is -1.56. The van der Waals surface area contributed by atoms with E-state index in [1.54, 1.807) is 17.0 Å². The van der Waals surface area contributed by atoms with Gasteiger partial charge in [-0.05, 0) is 37.0 Å². The quantitative estimate of drug-likeness (QED) is 0.905. The Morgan fingerprint density at radius 3 is 2.73 bits per heavy atom. The lowest BCUT2D eigenvalue weighted by Crippen LogP contribution is -2.38. The molecule has 0 bridgehead atoms. The second kappa shape index (κ2) is 6.69. The molecule has 1 aromatic carbocycles. The highest BCUT2D eigenvalue weighted by molar-refractivity contribution is 7.92. The second-order valence-corrected chi connectivity index (χ2v) is 7.85. The molecular weight excluding hydrogens is 300 g/mol. The van der Waals surface area contributed by atoms with Gasteiger partial charge in [-0.15, -0.1) is 0 Å². The van der Waals surface area contributed by atoms with Crippen molar-refractivity contribution in [3.05, 3.63) is 23.8 Å². The lowest BCUT2D eigenvalue weighted by Gasteiger charge is -2.31. The van der Waals surface area contributed by atoms with E-state index in [2.05, 4.69) is 4.72 Å². The third-order valence-corrected chi connectivity index (χ3v) is 5.20. The number of aryl methyl sites for hydroxylation is 1. The molecule has 0 aromatic heterocycles. The van der Waals surface area contributed by atoms with E-state index < -0.39 is 10.0 Å². The number of anilines is 2. The standard InChI is InChI=1S/C16H24N2O3S/c1-4-10-22(20,21)17-14-8-7-13-6-5-9-18(15(13)11-14)16(19)12(2)3/h7-8,11-12,17H,4-6,9-10H2,1-3H3. The molecule has 6 heteroatoms. The van der Waals surface area contributed by atoms with E-state index in [-0.39, 0.29) is 17.6 Å². The maximum Gasteiger partial charge on any atom is 0.232 e. The maximum atomic E-state index is 12.3. The third kappa shape index (κ3) is 3.80. The van der Waals surface area contributed by atoms with E-state index in [0.717, 1.165) is 24.1 Å². The first-order valence-corrected chi connectivity index (χ1v) is 9.44. The fraction of sp³-hybridized carbons (Fsp3) is 0.562. The van der Waals surface area contributed by atoms with Crippen LogP contribution in [-0.4, -0.2) is 26.6 Å². The Balaban J connectivity index is 2.32. The molecule has 0 spiro atoms. The Morgan fingerprint density at radius 1 is 1.36 bits per heavy atom. The Kier molecular flexibility index (Phi) is 5.11. The molecule has 0 radical (unpaired) electrons. The van der Waals surface area contributed by atoms with Gasteiger partial charge < -0.3 is 4.90 Å². The van der Waals surface area contributed by atoms with Crippen molar-refractivity contribution >= 4 is 27.3 Å². The average molecular weight is 324 g/mol. The Morgan fingerprint density at radius 2 is 2.09 bits per heavy atom. The zero-order valence-corrected chi connectivity index (χ0v) is 14.2. The molecule has 2 rings (SSSR count). The van der Waals surface area contributed by atoms with Crippen LogP contribution in [0.3, 0.4) is 0 Å². The molecule has 0 atom stereocenters. The zero-order valence-electron chi connectivity index (χ0n) is 13.4. The van der Waals surface area contributed by atoms with E-state index in [4.69, 9.17) is 0 Å². The van der Waals surface area contributed by atoms with Crippen LogP contribution in [0.15, 0.2) is 18.2 Å². The highest BCUT2D eigenvalue weighted by Gasteiger charge is 2.25. The fourth-order valence-corrected chi connectivity index (χ4v) is 3.80.